The van der Waals surface area contributed by atoms with Gasteiger partial charge >= 0.3 is 12.0 Å². The molecule has 9 nitrogen and oxygen atoms in total. The number of aryl methyl sites for hydroxylation is 1. The van der Waals surface area contributed by atoms with Crippen LogP contribution in [0.5, 0.6) is 0 Å². The monoisotopic (exact) mass is 361 g/mol. The Morgan fingerprint density at radius 3 is 2.62 bits per heavy atom. The fourth-order valence-electron chi connectivity index (χ4n) is 1.40. The van der Waals surface area contributed by atoms with Crippen molar-refractivity contribution in [2.45, 2.75) is 13.0 Å². The molecule has 10 heteroatoms. The first kappa shape index (κ1) is 16.9. The third-order valence-corrected chi connectivity index (χ3v) is 3.13. The van der Waals surface area contributed by atoms with E-state index in [1.165, 1.54) is 12.1 Å². The Hall–Kier alpha value is -2.20. The molecule has 1 unspecified atom stereocenters. The minimum absolute atomic E-state index is 0.148. The van der Waals surface area contributed by atoms with Crippen LogP contribution in [0.15, 0.2) is 16.6 Å². The number of hydrogen-bond donors (Lipinski definition) is 4. The molecule has 114 valence electrons. The third kappa shape index (κ3) is 4.68. The molecule has 1 aromatic carbocycles. The van der Waals surface area contributed by atoms with Gasteiger partial charge in [0.25, 0.3) is 5.69 Å². The summed E-state index contributed by atoms with van der Waals surface area (Å²) >= 11 is 3.15. The highest BCUT2D eigenvalue weighted by Gasteiger charge is 2.17. The van der Waals surface area contributed by atoms with Crippen molar-refractivity contribution in [2.24, 2.45) is 0 Å². The second-order valence-electron chi connectivity index (χ2n) is 4.06. The van der Waals surface area contributed by atoms with Gasteiger partial charge in [0.15, 0.2) is 6.10 Å². The molecule has 0 bridgehead atoms. The molecule has 2 amide bonds. The van der Waals surface area contributed by atoms with Crippen molar-refractivity contribution in [1.29, 1.82) is 0 Å². The van der Waals surface area contributed by atoms with Crippen LogP contribution in [0, 0.1) is 17.0 Å². The highest BCUT2D eigenvalue weighted by molar-refractivity contribution is 9.10. The topological polar surface area (TPSA) is 142 Å². The smallest absolute Gasteiger partial charge is 0.334 e. The Bertz CT molecular complexity index is 592. The number of carbonyl (C=O) groups excluding carboxylic acids is 1. The van der Waals surface area contributed by atoms with E-state index in [1.807, 2.05) is 0 Å². The van der Waals surface area contributed by atoms with Gasteiger partial charge in [-0.05, 0) is 28.9 Å². The van der Waals surface area contributed by atoms with E-state index in [9.17, 15) is 19.7 Å². The molecule has 0 aliphatic heterocycles. The van der Waals surface area contributed by atoms with E-state index in [1.54, 1.807) is 6.92 Å². The van der Waals surface area contributed by atoms with Crippen LogP contribution in [0.1, 0.15) is 5.56 Å². The predicted molar refractivity (Wildman–Crippen MR) is 76.2 cm³/mol. The van der Waals surface area contributed by atoms with E-state index < -0.39 is 29.6 Å². The van der Waals surface area contributed by atoms with Crippen molar-refractivity contribution in [3.05, 3.63) is 32.3 Å². The highest BCUT2D eigenvalue weighted by atomic mass is 79.9. The molecule has 4 N–H and O–H groups in total. The summed E-state index contributed by atoms with van der Waals surface area (Å²) < 4.78 is 0.430. The van der Waals surface area contributed by atoms with Crippen LogP contribution in [0.3, 0.4) is 0 Å². The van der Waals surface area contributed by atoms with Gasteiger partial charge in [0.05, 0.1) is 17.2 Å². The van der Waals surface area contributed by atoms with E-state index in [4.69, 9.17) is 10.2 Å². The first-order chi connectivity index (χ1) is 9.72. The van der Waals surface area contributed by atoms with Crippen molar-refractivity contribution in [1.82, 2.24) is 5.32 Å². The van der Waals surface area contributed by atoms with E-state index in [-0.39, 0.29) is 11.4 Å². The van der Waals surface area contributed by atoms with Crippen LogP contribution in [0.4, 0.5) is 16.2 Å². The van der Waals surface area contributed by atoms with Crippen LogP contribution in [0.2, 0.25) is 0 Å². The van der Waals surface area contributed by atoms with Gasteiger partial charge in [-0.25, -0.2) is 9.59 Å². The minimum atomic E-state index is -1.73. The van der Waals surface area contributed by atoms with Crippen LogP contribution < -0.4 is 10.6 Å². The average molecular weight is 362 g/mol. The average Bonchev–Trinajstić information content (AvgIpc) is 2.38. The van der Waals surface area contributed by atoms with Gasteiger partial charge in [0, 0.05) is 16.1 Å². The molecule has 0 aliphatic rings. The Morgan fingerprint density at radius 2 is 2.10 bits per heavy atom. The van der Waals surface area contributed by atoms with Gasteiger partial charge < -0.3 is 20.8 Å². The summed E-state index contributed by atoms with van der Waals surface area (Å²) in [4.78, 5) is 32.2. The van der Waals surface area contributed by atoms with Crippen molar-refractivity contribution >= 4 is 39.3 Å². The van der Waals surface area contributed by atoms with Crippen LogP contribution in [-0.4, -0.2) is 39.8 Å². The van der Waals surface area contributed by atoms with Crippen molar-refractivity contribution in [3.8, 4) is 0 Å². The van der Waals surface area contributed by atoms with Gasteiger partial charge in [-0.2, -0.15) is 0 Å². The Kier molecular flexibility index (Phi) is 5.61. The number of nitro groups is 1. The fourth-order valence-corrected chi connectivity index (χ4v) is 1.95. The number of amides is 2. The molecule has 1 rings (SSSR count). The maximum atomic E-state index is 11.5. The molecule has 0 aromatic heterocycles. The highest BCUT2D eigenvalue weighted by Crippen LogP contribution is 2.30. The van der Waals surface area contributed by atoms with Gasteiger partial charge in [0.2, 0.25) is 0 Å². The van der Waals surface area contributed by atoms with Gasteiger partial charge in [-0.1, -0.05) is 0 Å². The number of carboxylic acid groups (broad SMARTS) is 1. The molecule has 1 aromatic rings. The molecule has 0 aliphatic carbocycles. The molecule has 0 saturated carbocycles. The number of nitrogens with zero attached hydrogens (tertiary/aromatic N) is 1. The second kappa shape index (κ2) is 6.99. The number of nitro benzene ring substituents is 1. The lowest BCUT2D eigenvalue weighted by molar-refractivity contribution is -0.385. The van der Waals surface area contributed by atoms with E-state index in [2.05, 4.69) is 26.6 Å². The van der Waals surface area contributed by atoms with Gasteiger partial charge in [-0.3, -0.25) is 10.1 Å². The standard InChI is InChI=1S/C11H12BrN3O6/c1-5-2-6(12)7(3-8(5)15(20)21)14-11(19)13-4-9(16)10(17)18/h2-3,9,16H,4H2,1H3,(H,17,18)(H2,13,14,19). The van der Waals surface area contributed by atoms with E-state index >= 15 is 0 Å². The van der Waals surface area contributed by atoms with Crippen molar-refractivity contribution in [2.75, 3.05) is 11.9 Å². The lowest BCUT2D eigenvalue weighted by Gasteiger charge is -2.11. The summed E-state index contributed by atoms with van der Waals surface area (Å²) in [5, 5.41) is 32.7. The summed E-state index contributed by atoms with van der Waals surface area (Å²) in [6, 6.07) is 1.85. The number of anilines is 1. The number of hydrogen-bond acceptors (Lipinski definition) is 5. The molecule has 21 heavy (non-hydrogen) atoms. The van der Waals surface area contributed by atoms with E-state index in [0.29, 0.717) is 10.0 Å². The second-order valence-corrected chi connectivity index (χ2v) is 4.92. The first-order valence-electron chi connectivity index (χ1n) is 5.62. The Labute approximate surface area is 127 Å². The number of benzene rings is 1. The number of halogens is 1. The van der Waals surface area contributed by atoms with Crippen LogP contribution >= 0.6 is 15.9 Å². The fraction of sp³-hybridized carbons (Fsp3) is 0.273. The maximum Gasteiger partial charge on any atom is 0.334 e. The number of carboxylic acids is 1. The molecular formula is C11H12BrN3O6. The van der Waals surface area contributed by atoms with Crippen molar-refractivity contribution < 1.29 is 24.7 Å². The summed E-state index contributed by atoms with van der Waals surface area (Å²) in [6.45, 7) is 1.06. The zero-order chi connectivity index (χ0) is 16.2. The van der Waals surface area contributed by atoms with Crippen molar-refractivity contribution in [3.63, 3.8) is 0 Å². The number of aliphatic hydroxyl groups excluding tert-OH is 1. The SMILES string of the molecule is Cc1cc(Br)c(NC(=O)NCC(O)C(=O)O)cc1[N+](=O)[O-]. The molecule has 0 radical (unpaired) electrons. The summed E-state index contributed by atoms with van der Waals surface area (Å²) in [6.07, 6.45) is -1.73. The number of aliphatic carboxylic acids is 1. The number of aliphatic hydroxyl groups is 1. The molecule has 0 heterocycles. The molecule has 0 spiro atoms. The third-order valence-electron chi connectivity index (χ3n) is 2.47. The summed E-state index contributed by atoms with van der Waals surface area (Å²) in [5.41, 5.74) is 0.396. The summed E-state index contributed by atoms with van der Waals surface area (Å²) in [7, 11) is 0. The van der Waals surface area contributed by atoms with Gasteiger partial charge in [-0.15, -0.1) is 0 Å². The zero-order valence-corrected chi connectivity index (χ0v) is 12.4. The number of carbonyl (C=O) groups is 2. The largest absolute Gasteiger partial charge is 0.479 e. The number of nitrogens with one attached hydrogen (secondary N) is 2. The first-order valence-corrected chi connectivity index (χ1v) is 6.42. The Morgan fingerprint density at radius 1 is 1.48 bits per heavy atom. The zero-order valence-electron chi connectivity index (χ0n) is 10.8. The lowest BCUT2D eigenvalue weighted by atomic mass is 10.2. The molecule has 0 fully saturated rings. The minimum Gasteiger partial charge on any atom is -0.479 e. The Balaban J connectivity index is 2.78. The lowest BCUT2D eigenvalue weighted by Crippen LogP contribution is -2.38. The quantitative estimate of drug-likeness (QED) is 0.459. The summed E-state index contributed by atoms with van der Waals surface area (Å²) in [5.74, 6) is -1.47. The maximum absolute atomic E-state index is 11.5. The normalized spacial score (nSPS) is 11.6. The van der Waals surface area contributed by atoms with E-state index in [0.717, 1.165) is 0 Å². The van der Waals surface area contributed by atoms with Gasteiger partial charge in [0.1, 0.15) is 0 Å². The number of urea groups is 1. The van der Waals surface area contributed by atoms with Crippen LogP contribution in [0.25, 0.3) is 0 Å². The number of rotatable bonds is 5. The van der Waals surface area contributed by atoms with Crippen LogP contribution in [-0.2, 0) is 4.79 Å². The predicted octanol–water partition coefficient (Wildman–Crippen LogP) is 1.23. The molecule has 0 saturated heterocycles. The molecular weight excluding hydrogens is 350 g/mol. The molecule has 1 atom stereocenters.